The molecule has 2 nitrogen and oxygen atoms in total. The van der Waals surface area contributed by atoms with Crippen LogP contribution in [0.25, 0.3) is 43.2 Å². The number of thiophene rings is 2. The van der Waals surface area contributed by atoms with Crippen LogP contribution in [-0.2, 0) is 12.8 Å². The molecule has 0 bridgehead atoms. The Morgan fingerprint density at radius 3 is 1.25 bits per heavy atom. The first-order valence-corrected chi connectivity index (χ1v) is 21.0. The zero-order valence-corrected chi connectivity index (χ0v) is 32.5. The number of furan rings is 2. The average molecular weight is 855 g/mol. The first kappa shape index (κ1) is 34.5. The quantitative estimate of drug-likeness (QED) is 0.0576. The van der Waals surface area contributed by atoms with Crippen LogP contribution in [0.1, 0.15) is 128 Å². The lowest BCUT2D eigenvalue weighted by Gasteiger charge is -2.01. The van der Waals surface area contributed by atoms with E-state index >= 15 is 0 Å². The van der Waals surface area contributed by atoms with E-state index in [0.29, 0.717) is 0 Å². The third kappa shape index (κ3) is 9.15. The summed E-state index contributed by atoms with van der Waals surface area (Å²) in [6.07, 6.45) is 24.1. The van der Waals surface area contributed by atoms with E-state index in [1.54, 1.807) is 0 Å². The lowest BCUT2D eigenvalue weighted by molar-refractivity contribution is 0.575. The van der Waals surface area contributed by atoms with Gasteiger partial charge in [-0.1, -0.05) is 104 Å². The van der Waals surface area contributed by atoms with Crippen LogP contribution in [0.15, 0.2) is 43.9 Å². The molecule has 0 aliphatic carbocycles. The highest BCUT2D eigenvalue weighted by atomic mass is 127. The number of benzene rings is 1. The minimum absolute atomic E-state index is 0.946. The van der Waals surface area contributed by atoms with Crippen molar-refractivity contribution in [2.75, 3.05) is 0 Å². The fraction of sp³-hybridized carbons (Fsp3) is 0.526. The van der Waals surface area contributed by atoms with E-state index in [1.807, 2.05) is 22.7 Å². The summed E-state index contributed by atoms with van der Waals surface area (Å²) >= 11 is 8.54. The number of halogens is 2. The van der Waals surface area contributed by atoms with Crippen LogP contribution in [-0.4, -0.2) is 0 Å². The number of unbranched alkanes of at least 4 members (excludes halogenated alkanes) is 14. The number of fused-ring (bicyclic) bond motifs is 2. The molecule has 0 aliphatic rings. The fourth-order valence-corrected chi connectivity index (χ4v) is 10.00. The van der Waals surface area contributed by atoms with Gasteiger partial charge in [-0.2, -0.15) is 0 Å². The van der Waals surface area contributed by atoms with E-state index in [-0.39, 0.29) is 0 Å². The second-order valence-corrected chi connectivity index (χ2v) is 16.4. The maximum absolute atomic E-state index is 6.52. The van der Waals surface area contributed by atoms with E-state index in [1.165, 1.54) is 144 Å². The molecule has 4 aromatic heterocycles. The van der Waals surface area contributed by atoms with Crippen LogP contribution in [0.5, 0.6) is 0 Å². The first-order chi connectivity index (χ1) is 21.6. The van der Waals surface area contributed by atoms with E-state index in [0.717, 1.165) is 33.5 Å². The van der Waals surface area contributed by atoms with E-state index < -0.39 is 0 Å². The van der Waals surface area contributed by atoms with Crippen molar-refractivity contribution in [2.24, 2.45) is 0 Å². The normalized spacial score (nSPS) is 11.9. The summed E-state index contributed by atoms with van der Waals surface area (Å²) in [6.45, 7) is 4.57. The van der Waals surface area contributed by atoms with Crippen molar-refractivity contribution in [1.29, 1.82) is 0 Å². The Morgan fingerprint density at radius 1 is 0.500 bits per heavy atom. The molecule has 0 atom stereocenters. The van der Waals surface area contributed by atoms with E-state index in [2.05, 4.69) is 94.1 Å². The summed E-state index contributed by atoms with van der Waals surface area (Å²) in [4.78, 5) is 2.46. The number of hydrogen-bond acceptors (Lipinski definition) is 4. The van der Waals surface area contributed by atoms with Gasteiger partial charge >= 0.3 is 0 Å². The second kappa shape index (κ2) is 17.9. The lowest BCUT2D eigenvalue weighted by Crippen LogP contribution is -1.84. The monoisotopic (exact) mass is 854 g/mol. The van der Waals surface area contributed by atoms with Gasteiger partial charge in [0.05, 0.1) is 16.9 Å². The largest absolute Gasteiger partial charge is 0.454 e. The molecular weight excluding hydrogens is 806 g/mol. The number of hydrogen-bond donors (Lipinski definition) is 0. The van der Waals surface area contributed by atoms with Crippen molar-refractivity contribution in [3.8, 4) is 21.3 Å². The van der Waals surface area contributed by atoms with Gasteiger partial charge in [0.2, 0.25) is 0 Å². The summed E-state index contributed by atoms with van der Waals surface area (Å²) in [5.74, 6) is 2.00. The zero-order chi connectivity index (χ0) is 30.7. The van der Waals surface area contributed by atoms with Crippen LogP contribution < -0.4 is 0 Å². The van der Waals surface area contributed by atoms with Gasteiger partial charge in [-0.25, -0.2) is 0 Å². The molecular formula is C38H48I2O2S2. The number of rotatable bonds is 20. The summed E-state index contributed by atoms with van der Waals surface area (Å²) in [5.41, 5.74) is 4.78. The van der Waals surface area contributed by atoms with Gasteiger partial charge < -0.3 is 8.83 Å². The molecule has 5 rings (SSSR count). The molecule has 0 aliphatic heterocycles. The minimum atomic E-state index is 0.946. The van der Waals surface area contributed by atoms with Gasteiger partial charge in [0.1, 0.15) is 11.2 Å². The molecule has 5 aromatic rings. The SMILES string of the molecule is CCCCCCCCCCc1csc(-c2oc3cc4c(I)c(-c5cc(CCCCCCCCCC)cs5)oc4cc3c2I)c1. The Labute approximate surface area is 300 Å². The highest BCUT2D eigenvalue weighted by Crippen LogP contribution is 2.43. The average Bonchev–Trinajstić information content (AvgIpc) is 3.82. The maximum Gasteiger partial charge on any atom is 0.158 e. The lowest BCUT2D eigenvalue weighted by atomic mass is 10.1. The van der Waals surface area contributed by atoms with Gasteiger partial charge in [0.25, 0.3) is 0 Å². The van der Waals surface area contributed by atoms with Crippen LogP contribution in [0.2, 0.25) is 0 Å². The fourth-order valence-electron chi connectivity index (χ4n) is 6.12. The Kier molecular flexibility index (Phi) is 14.0. The highest BCUT2D eigenvalue weighted by Gasteiger charge is 2.21. The predicted octanol–water partition coefficient (Wildman–Crippen LogP) is 15.2. The summed E-state index contributed by atoms with van der Waals surface area (Å²) < 4.78 is 15.4. The maximum atomic E-state index is 6.52. The van der Waals surface area contributed by atoms with Gasteiger partial charge in [-0.15, -0.1) is 22.7 Å². The smallest absolute Gasteiger partial charge is 0.158 e. The molecule has 0 spiro atoms. The molecule has 1 aromatic carbocycles. The summed E-state index contributed by atoms with van der Waals surface area (Å²) in [6, 6.07) is 9.07. The standard InChI is InChI=1S/C38H48I2O2S2/c1-3-5-7-9-11-13-15-17-19-27-21-33(43-25-27)37-35(39)29-23-32-30(24-31(29)41-37)36(40)38(42-32)34-22-28(26-44-34)20-18-16-14-12-10-8-6-4-2/h21-26H,3-20H2,1-2H3. The predicted molar refractivity (Wildman–Crippen MR) is 211 cm³/mol. The zero-order valence-electron chi connectivity index (χ0n) is 26.6. The van der Waals surface area contributed by atoms with Crippen molar-refractivity contribution in [1.82, 2.24) is 0 Å². The van der Waals surface area contributed by atoms with Crippen LogP contribution in [0.4, 0.5) is 0 Å². The van der Waals surface area contributed by atoms with Crippen molar-refractivity contribution in [3.63, 3.8) is 0 Å². The Bertz CT molecular complexity index is 1470. The highest BCUT2D eigenvalue weighted by molar-refractivity contribution is 14.1. The third-order valence-electron chi connectivity index (χ3n) is 8.77. The Morgan fingerprint density at radius 2 is 0.864 bits per heavy atom. The molecule has 0 fully saturated rings. The molecule has 4 heterocycles. The van der Waals surface area contributed by atoms with Crippen molar-refractivity contribution >= 4 is 89.8 Å². The van der Waals surface area contributed by atoms with Gasteiger partial charge in [-0.05, 0) is 117 Å². The topological polar surface area (TPSA) is 26.3 Å². The molecule has 0 N–H and O–H groups in total. The van der Waals surface area contributed by atoms with Gasteiger partial charge in [0.15, 0.2) is 11.5 Å². The first-order valence-electron chi connectivity index (χ1n) is 17.1. The van der Waals surface area contributed by atoms with E-state index in [9.17, 15) is 0 Å². The van der Waals surface area contributed by atoms with Crippen LogP contribution in [0.3, 0.4) is 0 Å². The number of aryl methyl sites for hydroxylation is 2. The molecule has 0 radical (unpaired) electrons. The second-order valence-electron chi connectivity index (χ2n) is 12.4. The van der Waals surface area contributed by atoms with Gasteiger partial charge in [0, 0.05) is 10.8 Å². The van der Waals surface area contributed by atoms with Crippen LogP contribution in [0, 0.1) is 7.14 Å². The van der Waals surface area contributed by atoms with Crippen LogP contribution >= 0.6 is 67.9 Å². The molecule has 0 unspecified atom stereocenters. The Balaban J connectivity index is 1.19. The van der Waals surface area contributed by atoms with Crippen molar-refractivity contribution < 1.29 is 8.83 Å². The third-order valence-corrected chi connectivity index (χ3v) is 12.9. The molecule has 0 saturated heterocycles. The van der Waals surface area contributed by atoms with Crippen molar-refractivity contribution in [3.05, 3.63) is 53.3 Å². The van der Waals surface area contributed by atoms with Crippen molar-refractivity contribution in [2.45, 2.75) is 129 Å². The molecule has 44 heavy (non-hydrogen) atoms. The summed E-state index contributed by atoms with van der Waals surface area (Å²) in [5, 5.41) is 6.93. The molecule has 6 heteroatoms. The minimum Gasteiger partial charge on any atom is -0.454 e. The van der Waals surface area contributed by atoms with E-state index in [4.69, 9.17) is 8.83 Å². The molecule has 0 saturated carbocycles. The Hall–Kier alpha value is -0.840. The summed E-state index contributed by atoms with van der Waals surface area (Å²) in [7, 11) is 0. The molecule has 0 amide bonds. The van der Waals surface area contributed by atoms with Gasteiger partial charge in [-0.3, -0.25) is 0 Å². The molecule has 238 valence electrons.